The van der Waals surface area contributed by atoms with Crippen LogP contribution in [-0.4, -0.2) is 51.4 Å². The number of likely N-dealkylation sites (N-methyl/N-ethyl adjacent to an activating group) is 1. The number of carbonyl (C=O) groups excluding carboxylic acids is 2. The highest BCUT2D eigenvalue weighted by Gasteiger charge is 2.34. The lowest BCUT2D eigenvalue weighted by atomic mass is 10.0. The maximum absolute atomic E-state index is 14.4. The van der Waals surface area contributed by atoms with Crippen LogP contribution in [-0.2, 0) is 32.6 Å². The van der Waals surface area contributed by atoms with Gasteiger partial charge >= 0.3 is 0 Å². The average Bonchev–Trinajstić information content (AvgIpc) is 3.03. The molecule has 0 saturated carbocycles. The molecule has 0 saturated heterocycles. The van der Waals surface area contributed by atoms with Gasteiger partial charge in [-0.2, -0.15) is 0 Å². The summed E-state index contributed by atoms with van der Waals surface area (Å²) >= 11 is 18.8. The Morgan fingerprint density at radius 1 is 0.867 bits per heavy atom. The van der Waals surface area contributed by atoms with E-state index in [9.17, 15) is 18.0 Å². The highest BCUT2D eigenvalue weighted by molar-refractivity contribution is 7.92. The van der Waals surface area contributed by atoms with Crippen molar-refractivity contribution >= 4 is 62.3 Å². The zero-order valence-corrected chi connectivity index (χ0v) is 27.7. The second-order valence-corrected chi connectivity index (χ2v) is 13.2. The number of halogens is 3. The van der Waals surface area contributed by atoms with Crippen LogP contribution in [0.15, 0.2) is 102 Å². The molecule has 2 amide bonds. The summed E-state index contributed by atoms with van der Waals surface area (Å²) in [7, 11) is -2.80. The number of nitrogens with zero attached hydrogens (tertiary/aromatic N) is 2. The van der Waals surface area contributed by atoms with E-state index in [1.807, 2.05) is 30.3 Å². The minimum atomic E-state index is -4.28. The monoisotopic (exact) mass is 687 g/mol. The average molecular weight is 689 g/mol. The van der Waals surface area contributed by atoms with Crippen molar-refractivity contribution in [3.05, 3.63) is 123 Å². The second kappa shape index (κ2) is 15.5. The lowest BCUT2D eigenvalue weighted by Crippen LogP contribution is -2.53. The first-order chi connectivity index (χ1) is 21.5. The van der Waals surface area contributed by atoms with Crippen molar-refractivity contribution < 1.29 is 22.7 Å². The number of hydrogen-bond acceptors (Lipinski definition) is 5. The normalized spacial score (nSPS) is 11.8. The Hall–Kier alpha value is -3.76. The summed E-state index contributed by atoms with van der Waals surface area (Å²) in [4.78, 5) is 29.3. The molecule has 0 fully saturated rings. The Morgan fingerprint density at radius 2 is 1.51 bits per heavy atom. The van der Waals surface area contributed by atoms with Gasteiger partial charge in [-0.1, -0.05) is 71.2 Å². The molecular formula is C33H32Cl3N3O5S. The van der Waals surface area contributed by atoms with Gasteiger partial charge < -0.3 is 15.0 Å². The van der Waals surface area contributed by atoms with E-state index >= 15 is 0 Å². The number of ether oxygens (including phenoxy) is 1. The standard InChI is InChI=1S/C33H32Cl3N3O5S/c1-3-37-33(41)31(19-23-7-5-4-6-8-23)38(21-24-9-10-26(35)20-30(24)36)32(40)22-39(27-13-11-25(34)12-14-27)45(42,43)29-17-15-28(44-2)16-18-29/h4-18,20,31H,3,19,21-22H2,1-2H3,(H,37,41)/t31-/m0/s1. The maximum Gasteiger partial charge on any atom is 0.264 e. The van der Waals surface area contributed by atoms with Gasteiger partial charge in [-0.15, -0.1) is 0 Å². The van der Waals surface area contributed by atoms with Crippen molar-refractivity contribution in [2.24, 2.45) is 0 Å². The van der Waals surface area contributed by atoms with Crippen LogP contribution in [0.4, 0.5) is 5.69 Å². The molecule has 8 nitrogen and oxygen atoms in total. The first-order valence-corrected chi connectivity index (χ1v) is 16.6. The Balaban J connectivity index is 1.81. The molecule has 0 aliphatic carbocycles. The van der Waals surface area contributed by atoms with Gasteiger partial charge in [0.2, 0.25) is 11.8 Å². The van der Waals surface area contributed by atoms with Crippen LogP contribution in [0.1, 0.15) is 18.1 Å². The van der Waals surface area contributed by atoms with Crippen LogP contribution in [0.2, 0.25) is 15.1 Å². The van der Waals surface area contributed by atoms with Crippen LogP contribution in [0.25, 0.3) is 0 Å². The number of nitrogens with one attached hydrogen (secondary N) is 1. The number of methoxy groups -OCH3 is 1. The highest BCUT2D eigenvalue weighted by Crippen LogP contribution is 2.28. The lowest BCUT2D eigenvalue weighted by Gasteiger charge is -2.34. The Bertz CT molecular complexity index is 1720. The Morgan fingerprint density at radius 3 is 2.11 bits per heavy atom. The largest absolute Gasteiger partial charge is 0.497 e. The van der Waals surface area contributed by atoms with Gasteiger partial charge in [-0.25, -0.2) is 8.42 Å². The van der Waals surface area contributed by atoms with Gasteiger partial charge in [0.1, 0.15) is 18.3 Å². The number of amides is 2. The zero-order chi connectivity index (χ0) is 32.6. The van der Waals surface area contributed by atoms with Crippen molar-refractivity contribution in [2.45, 2.75) is 30.8 Å². The summed E-state index contributed by atoms with van der Waals surface area (Å²) in [5, 5.41) is 3.93. The first-order valence-electron chi connectivity index (χ1n) is 14.0. The Kier molecular flexibility index (Phi) is 11.7. The molecule has 0 aromatic heterocycles. The van der Waals surface area contributed by atoms with Crippen LogP contribution >= 0.6 is 34.8 Å². The molecule has 0 bridgehead atoms. The molecule has 12 heteroatoms. The molecular weight excluding hydrogens is 657 g/mol. The van der Waals surface area contributed by atoms with E-state index in [4.69, 9.17) is 39.5 Å². The number of benzene rings is 4. The van der Waals surface area contributed by atoms with Gasteiger partial charge in [0.25, 0.3) is 10.0 Å². The zero-order valence-electron chi connectivity index (χ0n) is 24.6. The van der Waals surface area contributed by atoms with Gasteiger partial charge in [0.15, 0.2) is 0 Å². The number of carbonyl (C=O) groups is 2. The molecule has 1 N–H and O–H groups in total. The van der Waals surface area contributed by atoms with E-state index in [1.165, 1.54) is 60.5 Å². The fourth-order valence-corrected chi connectivity index (χ4v) is 6.70. The molecule has 0 radical (unpaired) electrons. The summed E-state index contributed by atoms with van der Waals surface area (Å²) in [6, 6.07) is 25.1. The molecule has 0 spiro atoms. The third-order valence-electron chi connectivity index (χ3n) is 7.02. The molecule has 0 heterocycles. The molecule has 0 aliphatic rings. The summed E-state index contributed by atoms with van der Waals surface area (Å²) in [5.41, 5.74) is 1.56. The molecule has 4 aromatic carbocycles. The van der Waals surface area contributed by atoms with Gasteiger partial charge in [0, 0.05) is 34.6 Å². The van der Waals surface area contributed by atoms with E-state index in [1.54, 1.807) is 25.1 Å². The SMILES string of the molecule is CCNC(=O)[C@H](Cc1ccccc1)N(Cc1ccc(Cl)cc1Cl)C(=O)CN(c1ccc(Cl)cc1)S(=O)(=O)c1ccc(OC)cc1. The molecule has 0 unspecified atom stereocenters. The molecule has 4 rings (SSSR count). The van der Waals surface area contributed by atoms with Gasteiger partial charge in [-0.05, 0) is 78.7 Å². The highest BCUT2D eigenvalue weighted by atomic mass is 35.5. The van der Waals surface area contributed by atoms with E-state index < -0.39 is 34.4 Å². The number of hydrogen-bond donors (Lipinski definition) is 1. The van der Waals surface area contributed by atoms with Crippen LogP contribution in [0.3, 0.4) is 0 Å². The summed E-state index contributed by atoms with van der Waals surface area (Å²) in [5.74, 6) is -0.546. The van der Waals surface area contributed by atoms with E-state index in [0.29, 0.717) is 32.9 Å². The van der Waals surface area contributed by atoms with E-state index in [-0.39, 0.29) is 23.5 Å². The Labute approximate surface area is 278 Å². The quantitative estimate of drug-likeness (QED) is 0.170. The minimum Gasteiger partial charge on any atom is -0.497 e. The predicted octanol–water partition coefficient (Wildman–Crippen LogP) is 6.63. The molecule has 0 aliphatic heterocycles. The number of rotatable bonds is 13. The van der Waals surface area contributed by atoms with E-state index in [0.717, 1.165) is 9.87 Å². The number of anilines is 1. The smallest absolute Gasteiger partial charge is 0.264 e. The minimum absolute atomic E-state index is 0.0529. The van der Waals surface area contributed by atoms with Crippen LogP contribution in [0.5, 0.6) is 5.75 Å². The predicted molar refractivity (Wildman–Crippen MR) is 179 cm³/mol. The topological polar surface area (TPSA) is 96.0 Å². The van der Waals surface area contributed by atoms with Crippen LogP contribution in [0, 0.1) is 0 Å². The molecule has 4 aromatic rings. The lowest BCUT2D eigenvalue weighted by molar-refractivity contribution is -0.140. The maximum atomic E-state index is 14.4. The second-order valence-electron chi connectivity index (χ2n) is 10.0. The molecule has 45 heavy (non-hydrogen) atoms. The van der Waals surface area contributed by atoms with Gasteiger partial charge in [-0.3, -0.25) is 13.9 Å². The first kappa shape index (κ1) is 34.1. The summed E-state index contributed by atoms with van der Waals surface area (Å²) < 4.78 is 34.4. The molecule has 1 atom stereocenters. The summed E-state index contributed by atoms with van der Waals surface area (Å²) in [6.07, 6.45) is 0.176. The van der Waals surface area contributed by atoms with Crippen molar-refractivity contribution in [1.82, 2.24) is 10.2 Å². The van der Waals surface area contributed by atoms with Crippen LogP contribution < -0.4 is 14.4 Å². The third kappa shape index (κ3) is 8.70. The van der Waals surface area contributed by atoms with Crippen molar-refractivity contribution in [1.29, 1.82) is 0 Å². The van der Waals surface area contributed by atoms with Gasteiger partial charge in [0.05, 0.1) is 17.7 Å². The fourth-order valence-electron chi connectivity index (χ4n) is 4.69. The van der Waals surface area contributed by atoms with Crippen molar-refractivity contribution in [3.63, 3.8) is 0 Å². The van der Waals surface area contributed by atoms with Crippen molar-refractivity contribution in [3.8, 4) is 5.75 Å². The number of sulfonamides is 1. The fraction of sp³-hybridized carbons (Fsp3) is 0.212. The molecule has 236 valence electrons. The third-order valence-corrected chi connectivity index (χ3v) is 9.65. The van der Waals surface area contributed by atoms with Crippen molar-refractivity contribution in [2.75, 3.05) is 24.5 Å². The summed E-state index contributed by atoms with van der Waals surface area (Å²) in [6.45, 7) is 1.41. The van der Waals surface area contributed by atoms with E-state index in [2.05, 4.69) is 5.32 Å².